The summed E-state index contributed by atoms with van der Waals surface area (Å²) in [7, 11) is 0. The van der Waals surface area contributed by atoms with Crippen LogP contribution in [0.25, 0.3) is 11.4 Å². The Morgan fingerprint density at radius 2 is 1.84 bits per heavy atom. The van der Waals surface area contributed by atoms with E-state index in [1.807, 2.05) is 62.4 Å². The standard InChI is InChI=1S/C19H20N4O2/c1-12-7-9-15(10-8-12)17-20-19(23-22-17)21-18(24)14(3)25-16-6-4-5-13(2)11-16/h4-11,14H,1-3H3,(H2,20,21,22,23,24). The number of ether oxygens (including phenoxy) is 1. The number of carbonyl (C=O) groups excluding carboxylic acids is 1. The summed E-state index contributed by atoms with van der Waals surface area (Å²) in [5, 5.41) is 10.7. The van der Waals surface area contributed by atoms with Crippen LogP contribution in [0.5, 0.6) is 5.75 Å². The van der Waals surface area contributed by atoms with Gasteiger partial charge in [-0.05, 0) is 38.5 Å². The number of rotatable bonds is 5. The molecular weight excluding hydrogens is 316 g/mol. The van der Waals surface area contributed by atoms with Crippen LogP contribution in [0.2, 0.25) is 0 Å². The molecule has 0 spiro atoms. The van der Waals surface area contributed by atoms with E-state index < -0.39 is 6.10 Å². The summed E-state index contributed by atoms with van der Waals surface area (Å²) in [5.74, 6) is 1.25. The van der Waals surface area contributed by atoms with Gasteiger partial charge < -0.3 is 9.72 Å². The predicted molar refractivity (Wildman–Crippen MR) is 96.5 cm³/mol. The summed E-state index contributed by atoms with van der Waals surface area (Å²) in [6.07, 6.45) is -0.658. The number of hydrogen-bond donors (Lipinski definition) is 2. The topological polar surface area (TPSA) is 79.9 Å². The van der Waals surface area contributed by atoms with E-state index in [1.165, 1.54) is 5.56 Å². The summed E-state index contributed by atoms with van der Waals surface area (Å²) in [6.45, 7) is 5.68. The summed E-state index contributed by atoms with van der Waals surface area (Å²) in [6, 6.07) is 15.4. The minimum atomic E-state index is -0.658. The number of aryl methyl sites for hydroxylation is 2. The smallest absolute Gasteiger partial charge is 0.267 e. The zero-order valence-corrected chi connectivity index (χ0v) is 14.4. The zero-order valence-electron chi connectivity index (χ0n) is 14.4. The van der Waals surface area contributed by atoms with Crippen molar-refractivity contribution in [2.75, 3.05) is 5.32 Å². The molecule has 1 unspecified atom stereocenters. The molecule has 0 bridgehead atoms. The second-order valence-electron chi connectivity index (χ2n) is 5.95. The van der Waals surface area contributed by atoms with Crippen molar-refractivity contribution >= 4 is 11.9 Å². The monoisotopic (exact) mass is 336 g/mol. The highest BCUT2D eigenvalue weighted by atomic mass is 16.5. The summed E-state index contributed by atoms with van der Waals surface area (Å²) >= 11 is 0. The number of hydrogen-bond acceptors (Lipinski definition) is 4. The number of aromatic nitrogens is 3. The highest BCUT2D eigenvalue weighted by molar-refractivity contribution is 5.92. The van der Waals surface area contributed by atoms with Crippen LogP contribution in [0.4, 0.5) is 5.95 Å². The van der Waals surface area contributed by atoms with Gasteiger partial charge in [0.15, 0.2) is 11.9 Å². The maximum absolute atomic E-state index is 12.3. The molecule has 2 aromatic carbocycles. The van der Waals surface area contributed by atoms with E-state index in [-0.39, 0.29) is 5.91 Å². The number of amides is 1. The van der Waals surface area contributed by atoms with Crippen LogP contribution >= 0.6 is 0 Å². The second kappa shape index (κ2) is 7.17. The number of benzene rings is 2. The van der Waals surface area contributed by atoms with Crippen molar-refractivity contribution in [1.82, 2.24) is 15.2 Å². The maximum atomic E-state index is 12.3. The lowest BCUT2D eigenvalue weighted by Gasteiger charge is -2.13. The molecule has 1 atom stereocenters. The third kappa shape index (κ3) is 4.23. The maximum Gasteiger partial charge on any atom is 0.267 e. The average molecular weight is 336 g/mol. The lowest BCUT2D eigenvalue weighted by atomic mass is 10.1. The molecule has 0 saturated carbocycles. The Hall–Kier alpha value is -3.15. The number of nitrogens with one attached hydrogen (secondary N) is 2. The highest BCUT2D eigenvalue weighted by Crippen LogP contribution is 2.17. The first-order chi connectivity index (χ1) is 12.0. The predicted octanol–water partition coefficient (Wildman–Crippen LogP) is 3.49. The van der Waals surface area contributed by atoms with E-state index in [2.05, 4.69) is 20.5 Å². The van der Waals surface area contributed by atoms with Crippen molar-refractivity contribution in [2.45, 2.75) is 26.9 Å². The fraction of sp³-hybridized carbons (Fsp3) is 0.211. The van der Waals surface area contributed by atoms with E-state index in [1.54, 1.807) is 6.92 Å². The Morgan fingerprint density at radius 1 is 1.08 bits per heavy atom. The highest BCUT2D eigenvalue weighted by Gasteiger charge is 2.17. The molecule has 0 fully saturated rings. The van der Waals surface area contributed by atoms with Crippen molar-refractivity contribution < 1.29 is 9.53 Å². The molecule has 0 aliphatic carbocycles. The largest absolute Gasteiger partial charge is 0.481 e. The van der Waals surface area contributed by atoms with Crippen molar-refractivity contribution in [1.29, 1.82) is 0 Å². The average Bonchev–Trinajstić information content (AvgIpc) is 3.04. The van der Waals surface area contributed by atoms with Crippen LogP contribution in [-0.2, 0) is 4.79 Å². The third-order valence-corrected chi connectivity index (χ3v) is 3.73. The van der Waals surface area contributed by atoms with Crippen LogP contribution in [0, 0.1) is 13.8 Å². The van der Waals surface area contributed by atoms with Gasteiger partial charge in [0.05, 0.1) is 0 Å². The van der Waals surface area contributed by atoms with E-state index in [0.29, 0.717) is 17.5 Å². The first-order valence-corrected chi connectivity index (χ1v) is 8.05. The van der Waals surface area contributed by atoms with Gasteiger partial charge in [0, 0.05) is 5.56 Å². The van der Waals surface area contributed by atoms with Crippen LogP contribution < -0.4 is 10.1 Å². The van der Waals surface area contributed by atoms with Crippen molar-refractivity contribution in [3.8, 4) is 17.1 Å². The van der Waals surface area contributed by atoms with Gasteiger partial charge in [-0.15, -0.1) is 10.2 Å². The van der Waals surface area contributed by atoms with Crippen molar-refractivity contribution in [2.24, 2.45) is 0 Å². The van der Waals surface area contributed by atoms with Crippen LogP contribution in [0.1, 0.15) is 18.1 Å². The molecule has 6 heteroatoms. The van der Waals surface area contributed by atoms with Gasteiger partial charge in [-0.1, -0.05) is 42.0 Å². The minimum absolute atomic E-state index is 0.292. The number of carbonyl (C=O) groups is 1. The molecule has 3 rings (SSSR count). The first kappa shape index (κ1) is 16.7. The fourth-order valence-corrected chi connectivity index (χ4v) is 2.32. The van der Waals surface area contributed by atoms with Gasteiger partial charge in [0.2, 0.25) is 5.95 Å². The summed E-state index contributed by atoms with van der Waals surface area (Å²) in [4.78, 5) is 15.3. The van der Waals surface area contributed by atoms with Gasteiger partial charge in [0.1, 0.15) is 5.75 Å². The Kier molecular flexibility index (Phi) is 4.79. The quantitative estimate of drug-likeness (QED) is 0.747. The van der Waals surface area contributed by atoms with Crippen molar-refractivity contribution in [3.05, 3.63) is 59.7 Å². The fourth-order valence-electron chi connectivity index (χ4n) is 2.32. The van der Waals surface area contributed by atoms with E-state index in [0.717, 1.165) is 11.1 Å². The molecule has 0 radical (unpaired) electrons. The number of H-pyrrole nitrogens is 1. The lowest BCUT2D eigenvalue weighted by molar-refractivity contribution is -0.122. The van der Waals surface area contributed by atoms with Crippen LogP contribution in [0.15, 0.2) is 48.5 Å². The molecule has 3 aromatic rings. The van der Waals surface area contributed by atoms with Crippen molar-refractivity contribution in [3.63, 3.8) is 0 Å². The Bertz CT molecular complexity index is 871. The van der Waals surface area contributed by atoms with Gasteiger partial charge in [0.25, 0.3) is 5.91 Å². The Morgan fingerprint density at radius 3 is 2.56 bits per heavy atom. The Balaban J connectivity index is 1.64. The molecule has 25 heavy (non-hydrogen) atoms. The molecule has 128 valence electrons. The molecule has 1 heterocycles. The molecule has 0 aliphatic heterocycles. The molecule has 6 nitrogen and oxygen atoms in total. The van der Waals surface area contributed by atoms with Crippen LogP contribution in [0.3, 0.4) is 0 Å². The summed E-state index contributed by atoms with van der Waals surface area (Å²) in [5.41, 5.74) is 3.14. The summed E-state index contributed by atoms with van der Waals surface area (Å²) < 4.78 is 5.66. The molecule has 1 amide bonds. The second-order valence-corrected chi connectivity index (χ2v) is 5.95. The number of nitrogens with zero attached hydrogens (tertiary/aromatic N) is 2. The molecule has 1 aromatic heterocycles. The minimum Gasteiger partial charge on any atom is -0.481 e. The number of anilines is 1. The van der Waals surface area contributed by atoms with Gasteiger partial charge in [-0.25, -0.2) is 0 Å². The van der Waals surface area contributed by atoms with Gasteiger partial charge >= 0.3 is 0 Å². The first-order valence-electron chi connectivity index (χ1n) is 8.05. The molecule has 2 N–H and O–H groups in total. The third-order valence-electron chi connectivity index (χ3n) is 3.73. The van der Waals surface area contributed by atoms with Crippen LogP contribution in [-0.4, -0.2) is 27.2 Å². The van der Waals surface area contributed by atoms with E-state index in [9.17, 15) is 4.79 Å². The Labute approximate surface area is 146 Å². The molecular formula is C19H20N4O2. The normalized spacial score (nSPS) is 11.8. The zero-order chi connectivity index (χ0) is 17.8. The lowest BCUT2D eigenvalue weighted by Crippen LogP contribution is -2.30. The van der Waals surface area contributed by atoms with E-state index >= 15 is 0 Å². The SMILES string of the molecule is Cc1ccc(-c2nnc(NC(=O)C(C)Oc3cccc(C)c3)[nH]2)cc1. The molecule has 0 aliphatic rings. The molecule has 0 saturated heterocycles. The van der Waals surface area contributed by atoms with Gasteiger partial charge in [-0.3, -0.25) is 10.1 Å². The number of aromatic amines is 1. The van der Waals surface area contributed by atoms with Gasteiger partial charge in [-0.2, -0.15) is 0 Å². The van der Waals surface area contributed by atoms with E-state index in [4.69, 9.17) is 4.74 Å².